The van der Waals surface area contributed by atoms with Crippen molar-refractivity contribution in [2.45, 2.75) is 13.8 Å². The first kappa shape index (κ1) is 20.8. The van der Waals surface area contributed by atoms with Crippen LogP contribution < -0.4 is 0 Å². The van der Waals surface area contributed by atoms with Crippen molar-refractivity contribution in [3.8, 4) is 0 Å². The van der Waals surface area contributed by atoms with Crippen LogP contribution in [-0.4, -0.2) is 11.4 Å². The van der Waals surface area contributed by atoms with Gasteiger partial charge < -0.3 is 0 Å². The van der Waals surface area contributed by atoms with Crippen molar-refractivity contribution in [1.29, 1.82) is 0 Å². The molecule has 2 aromatic rings. The van der Waals surface area contributed by atoms with E-state index < -0.39 is 0 Å². The molecular weight excluding hydrogens is 340 g/mol. The van der Waals surface area contributed by atoms with Crippen molar-refractivity contribution in [1.82, 2.24) is 0 Å². The Kier molecular flexibility index (Phi) is 8.35. The average molecular weight is 367 g/mol. The molecule has 28 heavy (non-hydrogen) atoms. The van der Waals surface area contributed by atoms with Crippen LogP contribution in [0.1, 0.15) is 25.0 Å². The first-order valence-electron chi connectivity index (χ1n) is 9.18. The number of hydrogen-bond acceptors (Lipinski definition) is 2. The fourth-order valence-electron chi connectivity index (χ4n) is 2.43. The van der Waals surface area contributed by atoms with Gasteiger partial charge in [-0.1, -0.05) is 86.0 Å². The topological polar surface area (TPSA) is 24.7 Å². The molecule has 140 valence electrons. The molecule has 2 heteroatoms. The zero-order valence-corrected chi connectivity index (χ0v) is 16.5. The minimum absolute atomic E-state index is 0.692. The van der Waals surface area contributed by atoms with Gasteiger partial charge in [0.1, 0.15) is 0 Å². The third-order valence-electron chi connectivity index (χ3n) is 3.88. The Hall–Kier alpha value is -3.52. The van der Waals surface area contributed by atoms with E-state index in [2.05, 4.69) is 47.4 Å². The molecule has 0 atom stereocenters. The third-order valence-corrected chi connectivity index (χ3v) is 3.88. The van der Waals surface area contributed by atoms with Crippen molar-refractivity contribution in [3.63, 3.8) is 0 Å². The Bertz CT molecular complexity index is 861. The number of rotatable bonds is 8. The number of aliphatic imine (C=N–C) groups is 2. The summed E-state index contributed by atoms with van der Waals surface area (Å²) in [6, 6.07) is 20.3. The van der Waals surface area contributed by atoms with Crippen LogP contribution in [0.5, 0.6) is 0 Å². The van der Waals surface area contributed by atoms with Crippen LogP contribution in [0.2, 0.25) is 0 Å². The van der Waals surface area contributed by atoms with Crippen LogP contribution in [0.4, 0.5) is 0 Å². The number of nitrogens with zero attached hydrogens (tertiary/aromatic N) is 2. The maximum atomic E-state index is 4.64. The highest BCUT2D eigenvalue weighted by molar-refractivity contribution is 5.98. The van der Waals surface area contributed by atoms with E-state index >= 15 is 0 Å². The van der Waals surface area contributed by atoms with E-state index in [4.69, 9.17) is 0 Å². The molecule has 0 aliphatic carbocycles. The molecule has 0 bridgehead atoms. The lowest BCUT2D eigenvalue weighted by molar-refractivity contribution is 1.27. The van der Waals surface area contributed by atoms with Gasteiger partial charge in [-0.25, -0.2) is 0 Å². The lowest BCUT2D eigenvalue weighted by Crippen LogP contribution is -1.92. The summed E-state index contributed by atoms with van der Waals surface area (Å²) in [5, 5.41) is 0. The Morgan fingerprint density at radius 3 is 1.32 bits per heavy atom. The van der Waals surface area contributed by atoms with E-state index in [0.717, 1.165) is 22.6 Å². The molecule has 0 spiro atoms. The molecule has 0 radical (unpaired) electrons. The predicted molar refractivity (Wildman–Crippen MR) is 125 cm³/mol. The number of hydrogen-bond donors (Lipinski definition) is 0. The van der Waals surface area contributed by atoms with Crippen molar-refractivity contribution >= 4 is 23.6 Å². The first-order chi connectivity index (χ1) is 13.6. The van der Waals surface area contributed by atoms with Crippen LogP contribution in [-0.2, 0) is 0 Å². The zero-order valence-electron chi connectivity index (χ0n) is 16.5. The number of benzene rings is 2. The highest BCUT2D eigenvalue weighted by atomic mass is 14.8. The van der Waals surface area contributed by atoms with E-state index in [9.17, 15) is 0 Å². The van der Waals surface area contributed by atoms with Crippen molar-refractivity contribution in [2.75, 3.05) is 0 Å². The monoisotopic (exact) mass is 366 g/mol. The summed E-state index contributed by atoms with van der Waals surface area (Å²) in [5.74, 6) is 0. The second-order valence-electron chi connectivity index (χ2n) is 6.17. The van der Waals surface area contributed by atoms with Gasteiger partial charge >= 0.3 is 0 Å². The Labute approximate surface area is 168 Å². The van der Waals surface area contributed by atoms with Crippen molar-refractivity contribution in [3.05, 3.63) is 121 Å². The van der Waals surface area contributed by atoms with Crippen LogP contribution in [0.25, 0.3) is 12.2 Å². The molecule has 2 aromatic carbocycles. The van der Waals surface area contributed by atoms with Gasteiger partial charge in [-0.05, 0) is 49.3 Å². The Morgan fingerprint density at radius 1 is 0.643 bits per heavy atom. The molecular formula is C26H26N2. The van der Waals surface area contributed by atoms with E-state index in [1.165, 1.54) is 0 Å². The summed E-state index contributed by atoms with van der Waals surface area (Å²) in [4.78, 5) is 9.28. The SMILES string of the molecule is C=CC(/N=C(C)\C=C\c1ccccc1)=C(C=C)/N=C(C)\C=C\c1ccccc1. The van der Waals surface area contributed by atoms with Gasteiger partial charge in [0, 0.05) is 11.4 Å². The van der Waals surface area contributed by atoms with E-state index in [1.54, 1.807) is 12.2 Å². The second kappa shape index (κ2) is 11.2. The molecule has 0 aliphatic heterocycles. The van der Waals surface area contributed by atoms with Crippen molar-refractivity contribution < 1.29 is 0 Å². The summed E-state index contributed by atoms with van der Waals surface area (Å²) >= 11 is 0. The molecule has 0 amide bonds. The Morgan fingerprint density at radius 2 is 1.00 bits per heavy atom. The van der Waals surface area contributed by atoms with Crippen LogP contribution in [0.3, 0.4) is 0 Å². The van der Waals surface area contributed by atoms with Gasteiger partial charge in [0.05, 0.1) is 11.4 Å². The van der Waals surface area contributed by atoms with Crippen LogP contribution in [0.15, 0.2) is 120 Å². The highest BCUT2D eigenvalue weighted by Gasteiger charge is 1.99. The largest absolute Gasteiger partial charge is 0.252 e. The van der Waals surface area contributed by atoms with Crippen molar-refractivity contribution in [2.24, 2.45) is 9.98 Å². The first-order valence-corrected chi connectivity index (χ1v) is 9.18. The maximum Gasteiger partial charge on any atom is 0.0883 e. The average Bonchev–Trinajstić information content (AvgIpc) is 2.74. The van der Waals surface area contributed by atoms with Gasteiger partial charge in [-0.2, -0.15) is 0 Å². The molecule has 0 heterocycles. The minimum Gasteiger partial charge on any atom is -0.252 e. The Balaban J connectivity index is 2.23. The molecule has 2 nitrogen and oxygen atoms in total. The molecule has 0 N–H and O–H groups in total. The fraction of sp³-hybridized carbons (Fsp3) is 0.0769. The molecule has 0 saturated heterocycles. The van der Waals surface area contributed by atoms with E-state index in [-0.39, 0.29) is 0 Å². The summed E-state index contributed by atoms with van der Waals surface area (Å²) < 4.78 is 0. The smallest absolute Gasteiger partial charge is 0.0883 e. The molecule has 0 unspecified atom stereocenters. The van der Waals surface area contributed by atoms with Gasteiger partial charge in [0.15, 0.2) is 0 Å². The summed E-state index contributed by atoms with van der Waals surface area (Å²) in [5.41, 5.74) is 5.38. The minimum atomic E-state index is 0.692. The van der Waals surface area contributed by atoms with Gasteiger partial charge in [-0.3, -0.25) is 9.98 Å². The van der Waals surface area contributed by atoms with Gasteiger partial charge in [-0.15, -0.1) is 0 Å². The van der Waals surface area contributed by atoms with Gasteiger partial charge in [0.25, 0.3) is 0 Å². The predicted octanol–water partition coefficient (Wildman–Crippen LogP) is 6.92. The fourth-order valence-corrected chi connectivity index (χ4v) is 2.43. The summed E-state index contributed by atoms with van der Waals surface area (Å²) in [7, 11) is 0. The lowest BCUT2D eigenvalue weighted by atomic mass is 10.2. The molecule has 0 aliphatic rings. The van der Waals surface area contributed by atoms with Gasteiger partial charge in [0.2, 0.25) is 0 Å². The molecule has 2 rings (SSSR count). The van der Waals surface area contributed by atoms with E-state index in [0.29, 0.717) is 11.4 Å². The molecule has 0 aromatic heterocycles. The van der Waals surface area contributed by atoms with E-state index in [1.807, 2.05) is 74.5 Å². The standard InChI is InChI=1S/C26H26N2/c1-5-25(27-21(3)17-19-23-13-9-7-10-14-23)26(6-2)28-22(4)18-20-24-15-11-8-12-16-24/h5-20H,1-2H2,3-4H3/b19-17+,20-18+,26-25-,27-21-,28-22-. The van der Waals surface area contributed by atoms with Crippen LogP contribution >= 0.6 is 0 Å². The number of allylic oxidation sites excluding steroid dienone is 4. The molecule has 0 fully saturated rings. The summed E-state index contributed by atoms with van der Waals surface area (Å²) in [6.07, 6.45) is 11.4. The second-order valence-corrected chi connectivity index (χ2v) is 6.17. The van der Waals surface area contributed by atoms with Crippen LogP contribution in [0, 0.1) is 0 Å². The lowest BCUT2D eigenvalue weighted by Gasteiger charge is -2.02. The highest BCUT2D eigenvalue weighted by Crippen LogP contribution is 2.13. The third kappa shape index (κ3) is 7.00. The normalized spacial score (nSPS) is 13.6. The molecule has 0 saturated carbocycles. The quantitative estimate of drug-likeness (QED) is 0.358. The summed E-state index contributed by atoms with van der Waals surface area (Å²) in [6.45, 7) is 11.7. The zero-order chi connectivity index (χ0) is 20.2. The maximum absolute atomic E-state index is 4.64.